The molecule has 4 atom stereocenters. The number of amides is 2. The second-order valence-electron chi connectivity index (χ2n) is 5.96. The van der Waals surface area contributed by atoms with Gasteiger partial charge in [0.1, 0.15) is 0 Å². The Morgan fingerprint density at radius 3 is 2.94 bits per heavy atom. The average molecular weight is 270 g/mol. The summed E-state index contributed by atoms with van der Waals surface area (Å²) in [5.74, 6) is 2.94. The Kier molecular flexibility index (Phi) is 3.45. The topological polar surface area (TPSA) is 50.4 Å². The van der Waals surface area contributed by atoms with Crippen LogP contribution in [0.2, 0.25) is 0 Å². The molecule has 0 aromatic carbocycles. The smallest absolute Gasteiger partial charge is 0.315 e. The molecule has 2 N–H and O–H groups in total. The van der Waals surface area contributed by atoms with Crippen LogP contribution in [0.25, 0.3) is 0 Å². The highest BCUT2D eigenvalue weighted by molar-refractivity contribution is 7.99. The van der Waals surface area contributed by atoms with Gasteiger partial charge in [0.25, 0.3) is 0 Å². The minimum absolute atomic E-state index is 0.0112. The van der Waals surface area contributed by atoms with Gasteiger partial charge in [-0.25, -0.2) is 4.79 Å². The third-order valence-corrected chi connectivity index (χ3v) is 5.54. The van der Waals surface area contributed by atoms with Crippen molar-refractivity contribution >= 4 is 17.8 Å². The van der Waals surface area contributed by atoms with Crippen molar-refractivity contribution in [3.63, 3.8) is 0 Å². The molecule has 2 heterocycles. The summed E-state index contributed by atoms with van der Waals surface area (Å²) in [5, 5.41) is 6.16. The van der Waals surface area contributed by atoms with Crippen LogP contribution in [0, 0.1) is 5.92 Å². The van der Waals surface area contributed by atoms with E-state index in [1.165, 1.54) is 5.75 Å². The third-order valence-electron chi connectivity index (χ3n) is 4.32. The van der Waals surface area contributed by atoms with E-state index in [0.717, 1.165) is 38.0 Å². The zero-order valence-electron chi connectivity index (χ0n) is 10.9. The normalized spacial score (nSPS) is 42.8. The largest absolute Gasteiger partial charge is 0.374 e. The molecule has 3 aliphatic rings. The van der Waals surface area contributed by atoms with Crippen LogP contribution in [0.5, 0.6) is 0 Å². The molecule has 4 unspecified atom stereocenters. The first-order chi connectivity index (χ1) is 8.67. The van der Waals surface area contributed by atoms with E-state index in [9.17, 15) is 4.79 Å². The lowest BCUT2D eigenvalue weighted by Crippen LogP contribution is -2.51. The van der Waals surface area contributed by atoms with Crippen molar-refractivity contribution in [2.45, 2.75) is 50.3 Å². The minimum Gasteiger partial charge on any atom is -0.374 e. The molecule has 2 saturated heterocycles. The summed E-state index contributed by atoms with van der Waals surface area (Å²) in [6.45, 7) is 2.95. The predicted molar refractivity (Wildman–Crippen MR) is 72.9 cm³/mol. The maximum atomic E-state index is 11.8. The first-order valence-corrected chi connectivity index (χ1v) is 8.11. The number of nitrogens with one attached hydrogen (secondary N) is 2. The monoisotopic (exact) mass is 270 g/mol. The van der Waals surface area contributed by atoms with Gasteiger partial charge in [-0.3, -0.25) is 0 Å². The molecule has 1 saturated carbocycles. The van der Waals surface area contributed by atoms with E-state index < -0.39 is 0 Å². The average Bonchev–Trinajstić information content (AvgIpc) is 2.84. The van der Waals surface area contributed by atoms with Crippen molar-refractivity contribution in [2.75, 3.05) is 18.1 Å². The predicted octanol–water partition coefficient (Wildman–Crippen LogP) is 1.75. The minimum atomic E-state index is 0.0112. The van der Waals surface area contributed by atoms with Gasteiger partial charge >= 0.3 is 6.03 Å². The van der Waals surface area contributed by atoms with Crippen molar-refractivity contribution < 1.29 is 9.53 Å². The summed E-state index contributed by atoms with van der Waals surface area (Å²) in [7, 11) is 0. The van der Waals surface area contributed by atoms with E-state index in [1.807, 2.05) is 11.8 Å². The van der Waals surface area contributed by atoms with Gasteiger partial charge in [0.2, 0.25) is 0 Å². The molecule has 2 amide bonds. The van der Waals surface area contributed by atoms with E-state index in [1.54, 1.807) is 0 Å². The van der Waals surface area contributed by atoms with Crippen LogP contribution < -0.4 is 10.6 Å². The highest BCUT2D eigenvalue weighted by Crippen LogP contribution is 2.38. The molecule has 0 aromatic rings. The number of thioether (sulfide) groups is 1. The van der Waals surface area contributed by atoms with Crippen LogP contribution in [0.1, 0.15) is 32.6 Å². The van der Waals surface area contributed by atoms with Crippen LogP contribution >= 0.6 is 11.8 Å². The summed E-state index contributed by atoms with van der Waals surface area (Å²) in [6, 6.07) is 0.699. The molecule has 0 radical (unpaired) electrons. The van der Waals surface area contributed by atoms with E-state index in [-0.39, 0.29) is 17.7 Å². The van der Waals surface area contributed by atoms with Gasteiger partial charge < -0.3 is 15.4 Å². The molecule has 5 heteroatoms. The van der Waals surface area contributed by atoms with Gasteiger partial charge in [-0.1, -0.05) is 6.92 Å². The van der Waals surface area contributed by atoms with E-state index in [4.69, 9.17) is 4.74 Å². The zero-order chi connectivity index (χ0) is 12.6. The molecule has 18 heavy (non-hydrogen) atoms. The van der Waals surface area contributed by atoms with Gasteiger partial charge in [-0.15, -0.1) is 0 Å². The molecule has 1 spiro atoms. The second-order valence-corrected chi connectivity index (χ2v) is 7.07. The maximum Gasteiger partial charge on any atom is 0.315 e. The molecule has 4 nitrogen and oxygen atoms in total. The molecule has 102 valence electrons. The molecule has 1 aliphatic carbocycles. The Labute approximate surface area is 113 Å². The third kappa shape index (κ3) is 2.77. The number of ether oxygens (including phenoxy) is 1. The SMILES string of the molecule is CC1CC1NC(=O)NC1CCOC2(CCSC2)C1. The Balaban J connectivity index is 1.48. The quantitative estimate of drug-likeness (QED) is 0.804. The number of rotatable bonds is 2. The van der Waals surface area contributed by atoms with Crippen molar-refractivity contribution in [1.29, 1.82) is 0 Å². The molecular weight excluding hydrogens is 248 g/mol. The Bertz CT molecular complexity index is 331. The second kappa shape index (κ2) is 4.93. The standard InChI is InChI=1S/C13H22N2O2S/c1-9-6-11(9)15-12(16)14-10-2-4-17-13(7-10)3-5-18-8-13/h9-11H,2-8H2,1H3,(H2,14,15,16). The van der Waals surface area contributed by atoms with Gasteiger partial charge in [0.05, 0.1) is 5.60 Å². The van der Waals surface area contributed by atoms with Gasteiger partial charge in [0, 0.05) is 24.4 Å². The van der Waals surface area contributed by atoms with E-state index >= 15 is 0 Å². The molecule has 2 aliphatic heterocycles. The zero-order valence-corrected chi connectivity index (χ0v) is 11.7. The Morgan fingerprint density at radius 2 is 2.28 bits per heavy atom. The first kappa shape index (κ1) is 12.6. The van der Waals surface area contributed by atoms with E-state index in [0.29, 0.717) is 12.0 Å². The first-order valence-electron chi connectivity index (χ1n) is 6.96. The van der Waals surface area contributed by atoms with Gasteiger partial charge in [0.15, 0.2) is 0 Å². The fourth-order valence-corrected chi connectivity index (χ4v) is 4.31. The van der Waals surface area contributed by atoms with Crippen LogP contribution in [0.4, 0.5) is 4.79 Å². The Morgan fingerprint density at radius 1 is 1.44 bits per heavy atom. The lowest BCUT2D eigenvalue weighted by atomic mass is 9.90. The van der Waals surface area contributed by atoms with Gasteiger partial charge in [-0.05, 0) is 37.4 Å². The lowest BCUT2D eigenvalue weighted by molar-refractivity contribution is -0.0684. The number of hydrogen-bond donors (Lipinski definition) is 2. The molecule has 0 aromatic heterocycles. The van der Waals surface area contributed by atoms with Crippen molar-refractivity contribution in [3.8, 4) is 0 Å². The number of carbonyl (C=O) groups excluding carboxylic acids is 1. The summed E-state index contributed by atoms with van der Waals surface area (Å²) < 4.78 is 5.96. The molecule has 0 bridgehead atoms. The maximum absolute atomic E-state index is 11.8. The molecular formula is C13H22N2O2S. The summed E-state index contributed by atoms with van der Waals surface area (Å²) in [5.41, 5.74) is 0.0493. The number of urea groups is 1. The van der Waals surface area contributed by atoms with E-state index in [2.05, 4.69) is 17.6 Å². The summed E-state index contributed by atoms with van der Waals surface area (Å²) in [6.07, 6.45) is 4.19. The van der Waals surface area contributed by atoms with Crippen molar-refractivity contribution in [2.24, 2.45) is 5.92 Å². The van der Waals surface area contributed by atoms with Crippen molar-refractivity contribution in [3.05, 3.63) is 0 Å². The highest BCUT2D eigenvalue weighted by atomic mass is 32.2. The van der Waals surface area contributed by atoms with Crippen LogP contribution in [-0.4, -0.2) is 41.8 Å². The van der Waals surface area contributed by atoms with Gasteiger partial charge in [-0.2, -0.15) is 11.8 Å². The Hall–Kier alpha value is -0.420. The summed E-state index contributed by atoms with van der Waals surface area (Å²) >= 11 is 1.97. The highest BCUT2D eigenvalue weighted by Gasteiger charge is 2.41. The molecule has 3 rings (SSSR count). The summed E-state index contributed by atoms with van der Waals surface area (Å²) in [4.78, 5) is 11.8. The fourth-order valence-electron chi connectivity index (χ4n) is 2.93. The van der Waals surface area contributed by atoms with Crippen LogP contribution in [0.15, 0.2) is 0 Å². The van der Waals surface area contributed by atoms with Crippen molar-refractivity contribution in [1.82, 2.24) is 10.6 Å². The van der Waals surface area contributed by atoms with Crippen LogP contribution in [0.3, 0.4) is 0 Å². The number of hydrogen-bond acceptors (Lipinski definition) is 3. The lowest BCUT2D eigenvalue weighted by Gasteiger charge is -2.38. The fraction of sp³-hybridized carbons (Fsp3) is 0.923. The van der Waals surface area contributed by atoms with Crippen LogP contribution in [-0.2, 0) is 4.74 Å². The number of carbonyl (C=O) groups is 1. The molecule has 3 fully saturated rings.